The molecule has 1 aliphatic rings. The van der Waals surface area contributed by atoms with Crippen LogP contribution in [-0.2, 0) is 4.79 Å². The molecular formula is C18H17F2N5O2. The molecule has 9 heteroatoms. The fourth-order valence-electron chi connectivity index (χ4n) is 2.74. The molecule has 1 aromatic carbocycles. The molecule has 2 aromatic heterocycles. The third kappa shape index (κ3) is 3.53. The van der Waals surface area contributed by atoms with Gasteiger partial charge in [-0.3, -0.25) is 4.79 Å². The number of fused-ring (bicyclic) bond motifs is 1. The van der Waals surface area contributed by atoms with Gasteiger partial charge in [0.1, 0.15) is 17.1 Å². The monoisotopic (exact) mass is 373 g/mol. The number of hydrogen-bond donors (Lipinski definition) is 3. The number of carbonyl (C=O) groups is 1. The molecule has 0 aliphatic heterocycles. The van der Waals surface area contributed by atoms with Crippen LogP contribution >= 0.6 is 0 Å². The summed E-state index contributed by atoms with van der Waals surface area (Å²) in [5, 5.41) is 5.87. The number of rotatable bonds is 6. The average molecular weight is 373 g/mol. The van der Waals surface area contributed by atoms with Crippen molar-refractivity contribution in [2.75, 3.05) is 17.7 Å². The zero-order valence-corrected chi connectivity index (χ0v) is 14.4. The van der Waals surface area contributed by atoms with Gasteiger partial charge in [0.05, 0.1) is 18.5 Å². The van der Waals surface area contributed by atoms with Crippen molar-refractivity contribution in [1.82, 2.24) is 15.0 Å². The largest absolute Gasteiger partial charge is 0.495 e. The second-order valence-corrected chi connectivity index (χ2v) is 6.26. The summed E-state index contributed by atoms with van der Waals surface area (Å²) in [5.74, 6) is 0.230. The molecule has 0 atom stereocenters. The maximum atomic E-state index is 13.1. The molecule has 27 heavy (non-hydrogen) atoms. The Hall–Kier alpha value is -3.23. The van der Waals surface area contributed by atoms with Gasteiger partial charge in [0, 0.05) is 12.0 Å². The molecule has 1 fully saturated rings. The Morgan fingerprint density at radius 2 is 2.04 bits per heavy atom. The molecule has 0 unspecified atom stereocenters. The van der Waals surface area contributed by atoms with Gasteiger partial charge in [-0.2, -0.15) is 0 Å². The van der Waals surface area contributed by atoms with Gasteiger partial charge in [0.25, 0.3) is 6.43 Å². The Labute approximate surface area is 153 Å². The number of H-pyrrole nitrogens is 1. The van der Waals surface area contributed by atoms with Crippen LogP contribution in [0.5, 0.6) is 5.75 Å². The maximum Gasteiger partial charge on any atom is 0.295 e. The van der Waals surface area contributed by atoms with Crippen LogP contribution in [0.3, 0.4) is 0 Å². The number of hydrogen-bond acceptors (Lipinski definition) is 5. The Morgan fingerprint density at radius 1 is 1.26 bits per heavy atom. The quantitative estimate of drug-likeness (QED) is 0.607. The molecule has 0 bridgehead atoms. The highest BCUT2D eigenvalue weighted by molar-refractivity contribution is 5.97. The summed E-state index contributed by atoms with van der Waals surface area (Å²) in [6, 6.07) is 8.76. The molecule has 1 aliphatic carbocycles. The lowest BCUT2D eigenvalue weighted by Gasteiger charge is -2.12. The van der Waals surface area contributed by atoms with Crippen molar-refractivity contribution in [3.63, 3.8) is 0 Å². The van der Waals surface area contributed by atoms with Crippen molar-refractivity contribution in [2.24, 2.45) is 5.92 Å². The minimum atomic E-state index is -2.76. The highest BCUT2D eigenvalue weighted by Crippen LogP contribution is 2.34. The van der Waals surface area contributed by atoms with Gasteiger partial charge in [0.2, 0.25) is 5.91 Å². The number of benzene rings is 1. The van der Waals surface area contributed by atoms with Gasteiger partial charge in [-0.05, 0) is 25.0 Å². The predicted molar refractivity (Wildman–Crippen MR) is 96.5 cm³/mol. The van der Waals surface area contributed by atoms with E-state index in [1.165, 1.54) is 7.11 Å². The van der Waals surface area contributed by atoms with Gasteiger partial charge in [-0.25, -0.2) is 18.7 Å². The zero-order chi connectivity index (χ0) is 19.0. The van der Waals surface area contributed by atoms with Crippen LogP contribution in [0.25, 0.3) is 11.2 Å². The number of pyridine rings is 1. The number of halogens is 2. The number of methoxy groups -OCH3 is 1. The van der Waals surface area contributed by atoms with Crippen LogP contribution in [0.2, 0.25) is 0 Å². The topological polar surface area (TPSA) is 91.9 Å². The fraction of sp³-hybridized carbons (Fsp3) is 0.278. The highest BCUT2D eigenvalue weighted by atomic mass is 19.3. The van der Waals surface area contributed by atoms with Crippen LogP contribution in [0.1, 0.15) is 25.1 Å². The zero-order valence-electron chi connectivity index (χ0n) is 14.4. The first-order chi connectivity index (χ1) is 13.0. The highest BCUT2D eigenvalue weighted by Gasteiger charge is 2.30. The first-order valence-corrected chi connectivity index (χ1v) is 8.45. The first-order valence-electron chi connectivity index (χ1n) is 8.45. The number of aromatic amines is 1. The van der Waals surface area contributed by atoms with Crippen molar-refractivity contribution in [2.45, 2.75) is 19.3 Å². The van der Waals surface area contributed by atoms with E-state index in [9.17, 15) is 13.6 Å². The summed E-state index contributed by atoms with van der Waals surface area (Å²) in [6.45, 7) is 0. The summed E-state index contributed by atoms with van der Waals surface area (Å²) >= 11 is 0. The number of anilines is 3. The van der Waals surface area contributed by atoms with Crippen LogP contribution in [0, 0.1) is 5.92 Å². The molecule has 7 nitrogen and oxygen atoms in total. The maximum absolute atomic E-state index is 13.1. The van der Waals surface area contributed by atoms with Crippen molar-refractivity contribution in [3.05, 3.63) is 36.2 Å². The first kappa shape index (κ1) is 17.2. The summed E-state index contributed by atoms with van der Waals surface area (Å²) in [5.41, 5.74) is 1.48. The molecule has 0 spiro atoms. The van der Waals surface area contributed by atoms with Gasteiger partial charge < -0.3 is 20.4 Å². The summed E-state index contributed by atoms with van der Waals surface area (Å²) in [7, 11) is 1.54. The molecule has 4 rings (SSSR count). The number of para-hydroxylation sites is 2. The number of carbonyl (C=O) groups excluding carboxylic acids is 1. The predicted octanol–water partition coefficient (Wildman–Crippen LogP) is 4.00. The molecule has 1 saturated carbocycles. The van der Waals surface area contributed by atoms with E-state index in [0.29, 0.717) is 17.1 Å². The number of nitrogens with zero attached hydrogens (tertiary/aromatic N) is 2. The summed E-state index contributed by atoms with van der Waals surface area (Å²) in [4.78, 5) is 22.7. The Morgan fingerprint density at radius 3 is 2.74 bits per heavy atom. The van der Waals surface area contributed by atoms with E-state index in [4.69, 9.17) is 4.74 Å². The number of alkyl halides is 2. The lowest BCUT2D eigenvalue weighted by Crippen LogP contribution is -2.14. The molecule has 3 N–H and O–H groups in total. The summed E-state index contributed by atoms with van der Waals surface area (Å²) < 4.78 is 31.5. The number of imidazole rings is 1. The minimum absolute atomic E-state index is 0.00786. The van der Waals surface area contributed by atoms with Gasteiger partial charge in [-0.15, -0.1) is 0 Å². The van der Waals surface area contributed by atoms with Crippen molar-refractivity contribution >= 4 is 34.3 Å². The van der Waals surface area contributed by atoms with Gasteiger partial charge >= 0.3 is 0 Å². The van der Waals surface area contributed by atoms with Crippen LogP contribution < -0.4 is 15.4 Å². The molecule has 1 amide bonds. The van der Waals surface area contributed by atoms with E-state index in [1.807, 2.05) is 12.1 Å². The Kier molecular flexibility index (Phi) is 4.35. The van der Waals surface area contributed by atoms with Crippen LogP contribution in [-0.4, -0.2) is 28.0 Å². The molecule has 2 heterocycles. The Balaban J connectivity index is 1.76. The SMILES string of the molecule is COc1ccccc1Nc1cc(NC(=O)C2CC2)nc2[nH]c(C(F)F)nc12. The van der Waals surface area contributed by atoms with E-state index in [1.54, 1.807) is 18.2 Å². The third-order valence-electron chi connectivity index (χ3n) is 4.25. The molecule has 3 aromatic rings. The number of amides is 1. The van der Waals surface area contributed by atoms with Gasteiger partial charge in [-0.1, -0.05) is 12.1 Å². The van der Waals surface area contributed by atoms with Crippen molar-refractivity contribution in [3.8, 4) is 5.75 Å². The van der Waals surface area contributed by atoms with E-state index < -0.39 is 12.2 Å². The van der Waals surface area contributed by atoms with Crippen molar-refractivity contribution < 1.29 is 18.3 Å². The third-order valence-corrected chi connectivity index (χ3v) is 4.25. The average Bonchev–Trinajstić information content (AvgIpc) is 3.41. The molecule has 0 radical (unpaired) electrons. The fourth-order valence-corrected chi connectivity index (χ4v) is 2.74. The number of ether oxygens (including phenoxy) is 1. The van der Waals surface area contributed by atoms with Gasteiger partial charge in [0.15, 0.2) is 11.5 Å². The van der Waals surface area contributed by atoms with E-state index in [0.717, 1.165) is 12.8 Å². The second-order valence-electron chi connectivity index (χ2n) is 6.26. The van der Waals surface area contributed by atoms with Crippen molar-refractivity contribution in [1.29, 1.82) is 0 Å². The normalized spacial score (nSPS) is 13.8. The number of aromatic nitrogens is 3. The molecule has 140 valence electrons. The second kappa shape index (κ2) is 6.82. The smallest absolute Gasteiger partial charge is 0.295 e. The van der Waals surface area contributed by atoms with Crippen LogP contribution in [0.15, 0.2) is 30.3 Å². The van der Waals surface area contributed by atoms with Crippen LogP contribution in [0.4, 0.5) is 26.0 Å². The molecular weight excluding hydrogens is 356 g/mol. The summed E-state index contributed by atoms with van der Waals surface area (Å²) in [6.07, 6.45) is -1.07. The Bertz CT molecular complexity index is 1000. The molecule has 0 saturated heterocycles. The van der Waals surface area contributed by atoms with E-state index >= 15 is 0 Å². The standard InChI is InChI=1S/C18H17F2N5O2/c1-27-12-5-3-2-4-10(12)21-11-8-13(23-18(26)9-6-7-9)22-16-14(11)24-17(25-16)15(19)20/h2-5,8-9,15H,6-7H2,1H3,(H3,21,22,23,24,25,26). The lowest BCUT2D eigenvalue weighted by atomic mass is 10.2. The number of nitrogens with one attached hydrogen (secondary N) is 3. The van der Waals surface area contributed by atoms with E-state index in [-0.39, 0.29) is 28.8 Å². The lowest BCUT2D eigenvalue weighted by molar-refractivity contribution is -0.117. The minimum Gasteiger partial charge on any atom is -0.495 e. The van der Waals surface area contributed by atoms with E-state index in [2.05, 4.69) is 25.6 Å².